The minimum atomic E-state index is -0.390. The third-order valence-corrected chi connectivity index (χ3v) is 5.36. The van der Waals surface area contributed by atoms with Gasteiger partial charge in [-0.15, -0.1) is 0 Å². The van der Waals surface area contributed by atoms with Gasteiger partial charge in [-0.3, -0.25) is 19.3 Å². The van der Waals surface area contributed by atoms with E-state index in [9.17, 15) is 14.4 Å². The molecule has 0 radical (unpaired) electrons. The molecule has 0 bridgehead atoms. The fraction of sp³-hybridized carbons (Fsp3) is 0.0526. The van der Waals surface area contributed by atoms with E-state index in [4.69, 9.17) is 12.2 Å². The lowest BCUT2D eigenvalue weighted by atomic mass is 10.1. The van der Waals surface area contributed by atoms with Gasteiger partial charge in [-0.05, 0) is 18.2 Å². The number of anilines is 2. The van der Waals surface area contributed by atoms with Crippen LogP contribution in [0.2, 0.25) is 0 Å². The highest BCUT2D eigenvalue weighted by Gasteiger charge is 2.39. The summed E-state index contributed by atoms with van der Waals surface area (Å²) in [6.45, 7) is -0.155. The number of amides is 3. The molecule has 27 heavy (non-hydrogen) atoms. The average molecular weight is 395 g/mol. The highest BCUT2D eigenvalue weighted by Crippen LogP contribution is 2.42. The molecule has 4 rings (SSSR count). The number of rotatable bonds is 3. The highest BCUT2D eigenvalue weighted by molar-refractivity contribution is 8.27. The first kappa shape index (κ1) is 17.4. The predicted octanol–water partition coefficient (Wildman–Crippen LogP) is 2.53. The van der Waals surface area contributed by atoms with Crippen molar-refractivity contribution >= 4 is 63.0 Å². The zero-order chi connectivity index (χ0) is 19.0. The smallest absolute Gasteiger partial charge is 0.264 e. The van der Waals surface area contributed by atoms with Gasteiger partial charge >= 0.3 is 0 Å². The zero-order valence-electron chi connectivity index (χ0n) is 13.9. The van der Waals surface area contributed by atoms with Gasteiger partial charge in [-0.2, -0.15) is 0 Å². The fourth-order valence-electron chi connectivity index (χ4n) is 3.00. The van der Waals surface area contributed by atoms with Crippen molar-refractivity contribution in [1.29, 1.82) is 0 Å². The molecule has 6 nitrogen and oxygen atoms in total. The SMILES string of the molecule is O=C(CN1C(=O)C(=C2SC(=S)NC2=O)c2ccccc21)Nc1ccccc1. The Balaban J connectivity index is 1.66. The Bertz CT molecular complexity index is 1020. The lowest BCUT2D eigenvalue weighted by Gasteiger charge is -2.16. The molecule has 3 amide bonds. The molecule has 2 aliphatic rings. The normalized spacial score (nSPS) is 18.5. The largest absolute Gasteiger partial charge is 0.325 e. The summed E-state index contributed by atoms with van der Waals surface area (Å²) in [4.78, 5) is 39.3. The van der Waals surface area contributed by atoms with Crippen LogP contribution in [-0.4, -0.2) is 28.6 Å². The molecule has 0 aromatic heterocycles. The average Bonchev–Trinajstić information content (AvgIpc) is 3.12. The molecule has 2 aromatic carbocycles. The standard InChI is InChI=1S/C19H13N3O3S2/c23-14(20-11-6-2-1-3-7-11)10-22-13-9-5-4-8-12(13)15(18(22)25)16-17(24)21-19(26)27-16/h1-9H,10H2,(H,20,23)(H,21,24,26). The molecule has 0 unspecified atom stereocenters. The van der Waals surface area contributed by atoms with Crippen molar-refractivity contribution in [1.82, 2.24) is 5.32 Å². The van der Waals surface area contributed by atoms with Gasteiger partial charge in [0.2, 0.25) is 5.91 Å². The van der Waals surface area contributed by atoms with Crippen LogP contribution in [-0.2, 0) is 14.4 Å². The number of carbonyl (C=O) groups is 3. The summed E-state index contributed by atoms with van der Waals surface area (Å²) in [7, 11) is 0. The fourth-order valence-corrected chi connectivity index (χ4v) is 4.12. The van der Waals surface area contributed by atoms with Crippen LogP contribution in [0.5, 0.6) is 0 Å². The molecular formula is C19H13N3O3S2. The van der Waals surface area contributed by atoms with Crippen molar-refractivity contribution in [2.75, 3.05) is 16.8 Å². The van der Waals surface area contributed by atoms with Gasteiger partial charge in [0.1, 0.15) is 10.9 Å². The van der Waals surface area contributed by atoms with Gasteiger partial charge < -0.3 is 10.6 Å². The first-order valence-electron chi connectivity index (χ1n) is 8.08. The molecule has 1 fully saturated rings. The summed E-state index contributed by atoms with van der Waals surface area (Å²) in [5.74, 6) is -1.10. The number of hydrogen-bond acceptors (Lipinski definition) is 5. The Labute approximate surface area is 164 Å². The van der Waals surface area contributed by atoms with E-state index in [1.807, 2.05) is 18.2 Å². The van der Waals surface area contributed by atoms with E-state index >= 15 is 0 Å². The van der Waals surface area contributed by atoms with Crippen molar-refractivity contribution in [2.24, 2.45) is 0 Å². The number of thiocarbonyl (C=S) groups is 1. The van der Waals surface area contributed by atoms with E-state index in [0.717, 1.165) is 11.8 Å². The van der Waals surface area contributed by atoms with Crippen molar-refractivity contribution in [3.63, 3.8) is 0 Å². The third-order valence-electron chi connectivity index (χ3n) is 4.13. The first-order valence-corrected chi connectivity index (χ1v) is 9.30. The first-order chi connectivity index (χ1) is 13.0. The second-order valence-corrected chi connectivity index (χ2v) is 7.56. The lowest BCUT2D eigenvalue weighted by Crippen LogP contribution is -2.35. The number of nitrogens with one attached hydrogen (secondary N) is 2. The molecule has 2 heterocycles. The number of nitrogens with zero attached hydrogens (tertiary/aromatic N) is 1. The monoisotopic (exact) mass is 395 g/mol. The lowest BCUT2D eigenvalue weighted by molar-refractivity contribution is -0.118. The molecule has 0 aliphatic carbocycles. The molecule has 1 saturated heterocycles. The van der Waals surface area contributed by atoms with E-state index in [0.29, 0.717) is 21.3 Å². The maximum atomic E-state index is 13.0. The van der Waals surface area contributed by atoms with E-state index < -0.39 is 5.91 Å². The van der Waals surface area contributed by atoms with Crippen LogP contribution in [0, 0.1) is 0 Å². The maximum Gasteiger partial charge on any atom is 0.264 e. The Morgan fingerprint density at radius 1 is 1.07 bits per heavy atom. The van der Waals surface area contributed by atoms with Crippen LogP contribution < -0.4 is 15.5 Å². The van der Waals surface area contributed by atoms with Gasteiger partial charge in [-0.25, -0.2) is 0 Å². The second-order valence-electron chi connectivity index (χ2n) is 5.87. The number of para-hydroxylation sites is 2. The van der Waals surface area contributed by atoms with Gasteiger partial charge in [0.15, 0.2) is 0 Å². The van der Waals surface area contributed by atoms with E-state index in [1.165, 1.54) is 4.90 Å². The van der Waals surface area contributed by atoms with Crippen molar-refractivity contribution in [3.8, 4) is 0 Å². The predicted molar refractivity (Wildman–Crippen MR) is 109 cm³/mol. The summed E-state index contributed by atoms with van der Waals surface area (Å²) in [6.07, 6.45) is 0. The Morgan fingerprint density at radius 2 is 1.78 bits per heavy atom. The molecule has 0 saturated carbocycles. The number of fused-ring (bicyclic) bond motifs is 1. The molecule has 8 heteroatoms. The molecular weight excluding hydrogens is 382 g/mol. The number of thioether (sulfide) groups is 1. The molecule has 134 valence electrons. The number of carbonyl (C=O) groups excluding carboxylic acids is 3. The Hall–Kier alpha value is -2.97. The van der Waals surface area contributed by atoms with Crippen LogP contribution in [0.4, 0.5) is 11.4 Å². The molecule has 0 atom stereocenters. The summed E-state index contributed by atoms with van der Waals surface area (Å²) in [6, 6.07) is 16.1. The molecule has 2 aromatic rings. The third kappa shape index (κ3) is 3.24. The van der Waals surface area contributed by atoms with Gasteiger partial charge in [0, 0.05) is 11.3 Å². The summed E-state index contributed by atoms with van der Waals surface area (Å²) in [5, 5.41) is 5.30. The highest BCUT2D eigenvalue weighted by atomic mass is 32.2. The van der Waals surface area contributed by atoms with Crippen LogP contribution in [0.3, 0.4) is 0 Å². The van der Waals surface area contributed by atoms with Gasteiger partial charge in [0.25, 0.3) is 11.8 Å². The molecule has 2 aliphatic heterocycles. The summed E-state index contributed by atoms with van der Waals surface area (Å²) in [5.41, 5.74) is 2.15. The topological polar surface area (TPSA) is 78.5 Å². The quantitative estimate of drug-likeness (QED) is 0.617. The maximum absolute atomic E-state index is 13.0. The van der Waals surface area contributed by atoms with Crippen LogP contribution in [0.1, 0.15) is 5.56 Å². The number of benzene rings is 2. The van der Waals surface area contributed by atoms with Crippen LogP contribution in [0.15, 0.2) is 59.5 Å². The molecule has 2 N–H and O–H groups in total. The van der Waals surface area contributed by atoms with Crippen molar-refractivity contribution < 1.29 is 14.4 Å². The minimum absolute atomic E-state index is 0.155. The molecule has 0 spiro atoms. The second kappa shape index (κ2) is 6.98. The summed E-state index contributed by atoms with van der Waals surface area (Å²) < 4.78 is 0.313. The van der Waals surface area contributed by atoms with E-state index in [-0.39, 0.29) is 28.8 Å². The Kier molecular flexibility index (Phi) is 4.51. The van der Waals surface area contributed by atoms with Crippen LogP contribution in [0.25, 0.3) is 5.57 Å². The van der Waals surface area contributed by atoms with Crippen molar-refractivity contribution in [2.45, 2.75) is 0 Å². The van der Waals surface area contributed by atoms with E-state index in [2.05, 4.69) is 10.6 Å². The van der Waals surface area contributed by atoms with Crippen LogP contribution >= 0.6 is 24.0 Å². The van der Waals surface area contributed by atoms with Gasteiger partial charge in [-0.1, -0.05) is 60.4 Å². The van der Waals surface area contributed by atoms with Gasteiger partial charge in [0.05, 0.1) is 16.2 Å². The minimum Gasteiger partial charge on any atom is -0.325 e. The van der Waals surface area contributed by atoms with E-state index in [1.54, 1.807) is 36.4 Å². The zero-order valence-corrected chi connectivity index (χ0v) is 15.5. The van der Waals surface area contributed by atoms with Crippen molar-refractivity contribution in [3.05, 3.63) is 65.1 Å². The number of hydrogen-bond donors (Lipinski definition) is 2. The Morgan fingerprint density at radius 3 is 2.48 bits per heavy atom. The summed E-state index contributed by atoms with van der Waals surface area (Å²) >= 11 is 6.09.